The first-order chi connectivity index (χ1) is 24.1. The monoisotopic (exact) mass is 672 g/mol. The van der Waals surface area contributed by atoms with E-state index in [0.717, 1.165) is 75.8 Å². The van der Waals surface area contributed by atoms with Crippen LogP contribution in [-0.2, 0) is 5.41 Å². The second-order valence-corrected chi connectivity index (χ2v) is 15.8. The van der Waals surface area contributed by atoms with Crippen molar-refractivity contribution in [3.8, 4) is 23.0 Å². The van der Waals surface area contributed by atoms with Crippen LogP contribution < -0.4 is 20.9 Å². The van der Waals surface area contributed by atoms with Crippen molar-refractivity contribution in [3.63, 3.8) is 0 Å². The molecule has 0 aliphatic heterocycles. The molecule has 4 aromatic carbocycles. The Balaban J connectivity index is 1.27. The number of anilines is 2. The van der Waals surface area contributed by atoms with E-state index in [1.165, 1.54) is 81.8 Å². The number of ether oxygens (including phenoxy) is 2. The van der Waals surface area contributed by atoms with Gasteiger partial charge in [-0.05, 0) is 142 Å². The van der Waals surface area contributed by atoms with Crippen LogP contribution in [0, 0.1) is 45.4 Å². The Kier molecular flexibility index (Phi) is 11.5. The average Bonchev–Trinajstić information content (AvgIpc) is 3.10. The Labute approximate surface area is 302 Å². The Morgan fingerprint density at radius 1 is 0.580 bits per heavy atom. The minimum atomic E-state index is -0.0660. The lowest BCUT2D eigenvalue weighted by Gasteiger charge is -2.45. The highest BCUT2D eigenvalue weighted by Gasteiger charge is 2.42. The topological polar surface area (TPSA) is 70.5 Å². The van der Waals surface area contributed by atoms with Gasteiger partial charge in [-0.3, -0.25) is 0 Å². The molecule has 4 N–H and O–H groups in total. The maximum absolute atomic E-state index is 6.46. The van der Waals surface area contributed by atoms with Gasteiger partial charge in [0.25, 0.3) is 0 Å². The summed E-state index contributed by atoms with van der Waals surface area (Å²) in [6.45, 7) is 11.1. The van der Waals surface area contributed by atoms with E-state index in [2.05, 4.69) is 58.9 Å². The number of hydrogen-bond acceptors (Lipinski definition) is 4. The predicted molar refractivity (Wildman–Crippen MR) is 211 cm³/mol. The molecule has 0 saturated heterocycles. The smallest absolute Gasteiger partial charge is 0.133 e. The fourth-order valence-corrected chi connectivity index (χ4v) is 9.32. The molecule has 266 valence electrons. The number of benzene rings is 4. The van der Waals surface area contributed by atoms with Gasteiger partial charge >= 0.3 is 0 Å². The van der Waals surface area contributed by atoms with Gasteiger partial charge in [0, 0.05) is 28.9 Å². The summed E-state index contributed by atoms with van der Waals surface area (Å²) in [6.07, 6.45) is 17.7. The van der Waals surface area contributed by atoms with Gasteiger partial charge in [0.05, 0.1) is 0 Å². The molecule has 4 heteroatoms. The van der Waals surface area contributed by atoms with E-state index >= 15 is 0 Å². The standard InChI is InChI=1S/C46H60N2O2/c1-6-7-8-9-12-35-17-19-36(20-18-35)37-21-23-46(24-22-37,38-25-31(2)44(32(3)26-38)49-42-15-10-13-40(47)29-42)39-27-33(4)45(34(5)28-39)50-43-16-11-14-41(48)30-43/h10-11,13-16,25-30,35-37H,6-9,12,17-24,47-48H2,1-5H3. The number of nitrogens with two attached hydrogens (primary N) is 2. The molecule has 0 amide bonds. The molecular weight excluding hydrogens is 613 g/mol. The van der Waals surface area contributed by atoms with Gasteiger partial charge in [-0.1, -0.05) is 88.3 Å². The van der Waals surface area contributed by atoms with Crippen LogP contribution in [0.5, 0.6) is 23.0 Å². The van der Waals surface area contributed by atoms with E-state index in [4.69, 9.17) is 20.9 Å². The zero-order chi connectivity index (χ0) is 35.3. The van der Waals surface area contributed by atoms with Crippen LogP contribution in [0.3, 0.4) is 0 Å². The molecule has 4 nitrogen and oxygen atoms in total. The van der Waals surface area contributed by atoms with Crippen LogP contribution in [0.25, 0.3) is 0 Å². The molecular formula is C46H60N2O2. The number of nitrogen functional groups attached to an aromatic ring is 2. The lowest BCUT2D eigenvalue weighted by molar-refractivity contribution is 0.140. The second-order valence-electron chi connectivity index (χ2n) is 15.8. The van der Waals surface area contributed by atoms with Crippen molar-refractivity contribution in [1.29, 1.82) is 0 Å². The van der Waals surface area contributed by atoms with Crippen LogP contribution in [0.1, 0.15) is 124 Å². The van der Waals surface area contributed by atoms with Gasteiger partial charge in [-0.25, -0.2) is 0 Å². The number of aryl methyl sites for hydroxylation is 4. The quantitative estimate of drug-likeness (QED) is 0.116. The lowest BCUT2D eigenvalue weighted by atomic mass is 9.59. The molecule has 0 radical (unpaired) electrons. The SMILES string of the molecule is CCCCCCC1CCC(C2CCC(c3cc(C)c(Oc4cccc(N)c4)c(C)c3)(c3cc(C)c(Oc4cccc(N)c4)c(C)c3)CC2)CC1. The first-order valence-corrected chi connectivity index (χ1v) is 19.5. The summed E-state index contributed by atoms with van der Waals surface area (Å²) in [4.78, 5) is 0. The third-order valence-corrected chi connectivity index (χ3v) is 12.1. The summed E-state index contributed by atoms with van der Waals surface area (Å²) in [5, 5.41) is 0. The first kappa shape index (κ1) is 35.9. The van der Waals surface area contributed by atoms with E-state index in [9.17, 15) is 0 Å². The lowest BCUT2D eigenvalue weighted by Crippen LogP contribution is -2.36. The van der Waals surface area contributed by atoms with Gasteiger partial charge in [-0.2, -0.15) is 0 Å². The summed E-state index contributed by atoms with van der Waals surface area (Å²) < 4.78 is 12.9. The molecule has 0 heterocycles. The normalized spacial score (nSPS) is 19.3. The number of unbranched alkanes of at least 4 members (excludes halogenated alkanes) is 3. The zero-order valence-corrected chi connectivity index (χ0v) is 31.3. The third-order valence-electron chi connectivity index (χ3n) is 12.1. The summed E-state index contributed by atoms with van der Waals surface area (Å²) >= 11 is 0. The van der Waals surface area contributed by atoms with Gasteiger partial charge in [0.15, 0.2) is 0 Å². The van der Waals surface area contributed by atoms with Crippen LogP contribution in [0.4, 0.5) is 11.4 Å². The predicted octanol–water partition coefficient (Wildman–Crippen LogP) is 12.9. The van der Waals surface area contributed by atoms with Crippen molar-refractivity contribution in [2.45, 2.75) is 124 Å². The Morgan fingerprint density at radius 3 is 1.48 bits per heavy atom. The van der Waals surface area contributed by atoms with Crippen molar-refractivity contribution >= 4 is 11.4 Å². The molecule has 0 atom stereocenters. The number of hydrogen-bond donors (Lipinski definition) is 2. The van der Waals surface area contributed by atoms with Gasteiger partial charge in [0.1, 0.15) is 23.0 Å². The zero-order valence-electron chi connectivity index (χ0n) is 31.3. The van der Waals surface area contributed by atoms with Gasteiger partial charge in [-0.15, -0.1) is 0 Å². The minimum Gasteiger partial charge on any atom is -0.457 e. The molecule has 2 fully saturated rings. The molecule has 4 aromatic rings. The van der Waals surface area contributed by atoms with Crippen LogP contribution in [0.2, 0.25) is 0 Å². The van der Waals surface area contributed by atoms with Crippen molar-refractivity contribution in [2.24, 2.45) is 17.8 Å². The Morgan fingerprint density at radius 2 is 1.04 bits per heavy atom. The summed E-state index contributed by atoms with van der Waals surface area (Å²) in [5.41, 5.74) is 21.0. The first-order valence-electron chi connectivity index (χ1n) is 19.5. The van der Waals surface area contributed by atoms with Crippen LogP contribution in [0.15, 0.2) is 72.8 Å². The van der Waals surface area contributed by atoms with Crippen molar-refractivity contribution in [3.05, 3.63) is 106 Å². The fourth-order valence-electron chi connectivity index (χ4n) is 9.32. The molecule has 2 saturated carbocycles. The van der Waals surface area contributed by atoms with Crippen LogP contribution in [-0.4, -0.2) is 0 Å². The third kappa shape index (κ3) is 8.17. The van der Waals surface area contributed by atoms with Crippen molar-refractivity contribution in [2.75, 3.05) is 11.5 Å². The summed E-state index contributed by atoms with van der Waals surface area (Å²) in [5.74, 6) is 6.07. The minimum absolute atomic E-state index is 0.0660. The van der Waals surface area contributed by atoms with E-state index in [1.54, 1.807) is 0 Å². The van der Waals surface area contributed by atoms with E-state index in [-0.39, 0.29) is 5.41 Å². The van der Waals surface area contributed by atoms with E-state index in [0.29, 0.717) is 11.4 Å². The van der Waals surface area contributed by atoms with Crippen molar-refractivity contribution in [1.82, 2.24) is 0 Å². The fraction of sp³-hybridized carbons (Fsp3) is 0.478. The Hall–Kier alpha value is -3.92. The highest BCUT2D eigenvalue weighted by atomic mass is 16.5. The maximum Gasteiger partial charge on any atom is 0.133 e. The second kappa shape index (κ2) is 16.0. The average molecular weight is 673 g/mol. The van der Waals surface area contributed by atoms with Gasteiger partial charge in [0.2, 0.25) is 0 Å². The molecule has 50 heavy (non-hydrogen) atoms. The highest BCUT2D eigenvalue weighted by molar-refractivity contribution is 5.55. The van der Waals surface area contributed by atoms with E-state index < -0.39 is 0 Å². The van der Waals surface area contributed by atoms with Crippen LogP contribution >= 0.6 is 0 Å². The summed E-state index contributed by atoms with van der Waals surface area (Å²) in [7, 11) is 0. The molecule has 0 spiro atoms. The highest BCUT2D eigenvalue weighted by Crippen LogP contribution is 2.52. The molecule has 0 bridgehead atoms. The maximum atomic E-state index is 6.46. The molecule has 0 aromatic heterocycles. The number of rotatable bonds is 12. The molecule has 2 aliphatic carbocycles. The largest absolute Gasteiger partial charge is 0.457 e. The van der Waals surface area contributed by atoms with Crippen molar-refractivity contribution < 1.29 is 9.47 Å². The molecule has 0 unspecified atom stereocenters. The Bertz CT molecular complexity index is 1590. The molecule has 6 rings (SSSR count). The summed E-state index contributed by atoms with van der Waals surface area (Å²) in [6, 6.07) is 25.0. The van der Waals surface area contributed by atoms with E-state index in [1.807, 2.05) is 48.5 Å². The van der Waals surface area contributed by atoms with Gasteiger partial charge < -0.3 is 20.9 Å². The molecule has 2 aliphatic rings.